The first-order chi connectivity index (χ1) is 20.7. The molecule has 0 amide bonds. The van der Waals surface area contributed by atoms with Crippen LogP contribution in [-0.2, 0) is 23.0 Å². The molecule has 0 radical (unpaired) electrons. The van der Waals surface area contributed by atoms with Crippen molar-refractivity contribution in [2.45, 2.75) is 17.9 Å². The fourth-order valence-electron chi connectivity index (χ4n) is 4.50. The molecule has 3 aromatic carbocycles. The van der Waals surface area contributed by atoms with Crippen LogP contribution in [0.4, 0.5) is 11.6 Å². The smallest absolute Gasteiger partial charge is 0.249 e. The first kappa shape index (κ1) is 28.9. The summed E-state index contributed by atoms with van der Waals surface area (Å²) in [5.74, 6) is 0.866. The van der Waals surface area contributed by atoms with Crippen LogP contribution in [-0.4, -0.2) is 37.2 Å². The molecule has 0 aliphatic heterocycles. The van der Waals surface area contributed by atoms with Crippen LogP contribution in [0.1, 0.15) is 16.7 Å². The van der Waals surface area contributed by atoms with E-state index in [1.165, 1.54) is 50.6 Å². The van der Waals surface area contributed by atoms with E-state index in [9.17, 15) is 18.9 Å². The van der Waals surface area contributed by atoms with E-state index in [2.05, 4.69) is 22.4 Å². The lowest BCUT2D eigenvalue weighted by molar-refractivity contribution is 0.343. The van der Waals surface area contributed by atoms with E-state index in [4.69, 9.17) is 24.3 Å². The molecule has 5 rings (SSSR count). The zero-order valence-electron chi connectivity index (χ0n) is 23.1. The van der Waals surface area contributed by atoms with Crippen molar-refractivity contribution in [3.63, 3.8) is 0 Å². The normalized spacial score (nSPS) is 11.0. The lowest BCUT2D eigenvalue weighted by Crippen LogP contribution is -2.11. The molecule has 216 valence electrons. The molecule has 2 heterocycles. The van der Waals surface area contributed by atoms with Gasteiger partial charge in [0.25, 0.3) is 0 Å². The quantitative estimate of drug-likeness (QED) is 0.231. The Kier molecular flexibility index (Phi) is 8.11. The second kappa shape index (κ2) is 12.1. The summed E-state index contributed by atoms with van der Waals surface area (Å²) < 4.78 is 42.5. The number of primary sulfonamides is 1. The van der Waals surface area contributed by atoms with E-state index in [0.29, 0.717) is 28.7 Å². The average Bonchev–Trinajstić information content (AvgIpc) is 3.34. The van der Waals surface area contributed by atoms with Crippen molar-refractivity contribution in [1.82, 2.24) is 14.5 Å². The van der Waals surface area contributed by atoms with Crippen LogP contribution in [0, 0.1) is 22.7 Å². The van der Waals surface area contributed by atoms with Crippen LogP contribution >= 0.6 is 0 Å². The summed E-state index contributed by atoms with van der Waals surface area (Å²) in [4.78, 5) is 9.36. The molecule has 13 heteroatoms. The predicted molar refractivity (Wildman–Crippen MR) is 158 cm³/mol. The van der Waals surface area contributed by atoms with Gasteiger partial charge in [-0.3, -0.25) is 0 Å². The average molecular weight is 596 g/mol. The Morgan fingerprint density at radius 2 is 1.65 bits per heavy atom. The number of rotatable bonds is 10. The summed E-state index contributed by atoms with van der Waals surface area (Å²) in [7, 11) is -0.996. The molecule has 0 bridgehead atoms. The molecule has 0 spiro atoms. The van der Waals surface area contributed by atoms with Crippen molar-refractivity contribution in [1.29, 1.82) is 10.5 Å². The maximum Gasteiger partial charge on any atom is 0.249 e. The van der Waals surface area contributed by atoms with Crippen LogP contribution in [0.2, 0.25) is 0 Å². The summed E-state index contributed by atoms with van der Waals surface area (Å²) in [6, 6.07) is 22.8. The maximum absolute atomic E-state index is 11.7. The minimum absolute atomic E-state index is 0.00551. The van der Waals surface area contributed by atoms with E-state index < -0.39 is 10.0 Å². The summed E-state index contributed by atoms with van der Waals surface area (Å²) in [5, 5.41) is 27.4. The van der Waals surface area contributed by atoms with Gasteiger partial charge in [-0.15, -0.1) is 0 Å². The zero-order chi connectivity index (χ0) is 30.6. The number of nitriles is 2. The van der Waals surface area contributed by atoms with Gasteiger partial charge in [-0.25, -0.2) is 18.5 Å². The molecule has 12 nitrogen and oxygen atoms in total. The standard InChI is InChI=1S/C30H25N7O5S/c1-40-24-15-20(17-32)16-25(41-2)28(24)42-29-27-26(21(18-37(27)13-12-31)14-19-6-4-3-5-7-19)35-30(36-29)34-22-8-10-23(11-9-22)43(33,38)39/h3-11,15-16,18H,13-14H2,1-2H3,(H2,33,38,39)(H,34,35,36). The number of nitrogens with one attached hydrogen (secondary N) is 1. The highest BCUT2D eigenvalue weighted by Gasteiger charge is 2.23. The Morgan fingerprint density at radius 3 is 2.23 bits per heavy atom. The number of hydrogen-bond acceptors (Lipinski definition) is 10. The van der Waals surface area contributed by atoms with Crippen LogP contribution in [0.25, 0.3) is 11.0 Å². The Balaban J connectivity index is 1.69. The molecule has 5 aromatic rings. The topological polar surface area (TPSA) is 178 Å². The fraction of sp³-hybridized carbons (Fsp3) is 0.133. The number of fused-ring (bicyclic) bond motifs is 1. The van der Waals surface area contributed by atoms with Crippen LogP contribution in [0.15, 0.2) is 77.8 Å². The van der Waals surface area contributed by atoms with Crippen molar-refractivity contribution in [2.75, 3.05) is 19.5 Å². The maximum atomic E-state index is 11.7. The minimum Gasteiger partial charge on any atom is -0.493 e. The minimum atomic E-state index is -3.87. The number of aromatic nitrogens is 3. The van der Waals surface area contributed by atoms with Crippen molar-refractivity contribution in [3.05, 3.63) is 89.6 Å². The van der Waals surface area contributed by atoms with Gasteiger partial charge in [0.1, 0.15) is 17.6 Å². The first-order valence-electron chi connectivity index (χ1n) is 12.8. The second-order valence-corrected chi connectivity index (χ2v) is 10.8. The van der Waals surface area contributed by atoms with Gasteiger partial charge in [0.05, 0.1) is 36.8 Å². The second-order valence-electron chi connectivity index (χ2n) is 9.27. The third-order valence-electron chi connectivity index (χ3n) is 6.46. The van der Waals surface area contributed by atoms with Gasteiger partial charge in [-0.05, 0) is 29.8 Å². The molecule has 0 unspecified atom stereocenters. The van der Waals surface area contributed by atoms with Gasteiger partial charge >= 0.3 is 0 Å². The summed E-state index contributed by atoms with van der Waals surface area (Å²) in [6.07, 6.45) is 2.35. The van der Waals surface area contributed by atoms with E-state index in [-0.39, 0.29) is 40.5 Å². The van der Waals surface area contributed by atoms with Gasteiger partial charge < -0.3 is 24.1 Å². The predicted octanol–water partition coefficient (Wildman–Crippen LogP) is 4.62. The molecule has 0 fully saturated rings. The summed E-state index contributed by atoms with van der Waals surface area (Å²) in [5.41, 5.74) is 3.62. The van der Waals surface area contributed by atoms with Crippen molar-refractivity contribution >= 4 is 32.7 Å². The van der Waals surface area contributed by atoms with Crippen molar-refractivity contribution < 1.29 is 22.6 Å². The Labute approximate surface area is 247 Å². The van der Waals surface area contributed by atoms with E-state index in [0.717, 1.165) is 11.1 Å². The SMILES string of the molecule is COc1cc(C#N)cc(OC)c1Oc1nc(Nc2ccc(S(N)(=O)=O)cc2)nc2c(Cc3ccccc3)cn(CC#N)c12. The monoisotopic (exact) mass is 595 g/mol. The lowest BCUT2D eigenvalue weighted by atomic mass is 10.1. The molecule has 0 saturated carbocycles. The van der Waals surface area contributed by atoms with E-state index in [1.807, 2.05) is 36.5 Å². The highest BCUT2D eigenvalue weighted by molar-refractivity contribution is 7.89. The number of sulfonamides is 1. The molecule has 2 aromatic heterocycles. The lowest BCUT2D eigenvalue weighted by Gasteiger charge is -2.16. The third-order valence-corrected chi connectivity index (χ3v) is 7.39. The van der Waals surface area contributed by atoms with Crippen molar-refractivity contribution in [3.8, 4) is 35.3 Å². The number of nitrogens with zero attached hydrogens (tertiary/aromatic N) is 5. The Hall–Kier alpha value is -5.63. The summed E-state index contributed by atoms with van der Waals surface area (Å²) in [6.45, 7) is -0.00551. The van der Waals surface area contributed by atoms with Gasteiger partial charge in [-0.1, -0.05) is 30.3 Å². The highest BCUT2D eigenvalue weighted by Crippen LogP contribution is 2.43. The largest absolute Gasteiger partial charge is 0.493 e. The van der Waals surface area contributed by atoms with Crippen LogP contribution in [0.5, 0.6) is 23.1 Å². The molecule has 43 heavy (non-hydrogen) atoms. The van der Waals surface area contributed by atoms with Crippen LogP contribution in [0.3, 0.4) is 0 Å². The Morgan fingerprint density at radius 1 is 0.977 bits per heavy atom. The highest BCUT2D eigenvalue weighted by atomic mass is 32.2. The number of ether oxygens (including phenoxy) is 3. The molecular weight excluding hydrogens is 570 g/mol. The van der Waals surface area contributed by atoms with Gasteiger partial charge in [0, 0.05) is 36.0 Å². The first-order valence-corrected chi connectivity index (χ1v) is 14.3. The van der Waals surface area contributed by atoms with E-state index >= 15 is 0 Å². The Bertz CT molecular complexity index is 1970. The molecule has 0 aliphatic rings. The van der Waals surface area contributed by atoms with Gasteiger partial charge in [-0.2, -0.15) is 15.5 Å². The number of methoxy groups -OCH3 is 2. The van der Waals surface area contributed by atoms with Gasteiger partial charge in [0.15, 0.2) is 11.5 Å². The van der Waals surface area contributed by atoms with Gasteiger partial charge in [0.2, 0.25) is 27.6 Å². The molecule has 0 saturated heterocycles. The third kappa shape index (κ3) is 6.18. The van der Waals surface area contributed by atoms with Crippen molar-refractivity contribution in [2.24, 2.45) is 5.14 Å². The number of nitrogens with two attached hydrogens (primary N) is 1. The number of benzene rings is 3. The number of anilines is 2. The molecule has 3 N–H and O–H groups in total. The zero-order valence-corrected chi connectivity index (χ0v) is 23.9. The molecule has 0 aliphatic carbocycles. The number of hydrogen-bond donors (Lipinski definition) is 2. The molecule has 0 atom stereocenters. The summed E-state index contributed by atoms with van der Waals surface area (Å²) >= 11 is 0. The van der Waals surface area contributed by atoms with E-state index in [1.54, 1.807) is 4.57 Å². The molecular formula is C30H25N7O5S. The fourth-order valence-corrected chi connectivity index (χ4v) is 5.02. The van der Waals surface area contributed by atoms with Crippen LogP contribution < -0.4 is 24.7 Å².